The van der Waals surface area contributed by atoms with E-state index >= 15 is 0 Å². The van der Waals surface area contributed by atoms with Gasteiger partial charge in [0.15, 0.2) is 0 Å². The summed E-state index contributed by atoms with van der Waals surface area (Å²) in [5.74, 6) is -0.226. The molecular formula is C24H23N3O2S. The first kappa shape index (κ1) is 20.0. The molecule has 2 aromatic heterocycles. The van der Waals surface area contributed by atoms with Gasteiger partial charge in [0.25, 0.3) is 5.56 Å². The molecule has 1 unspecified atom stereocenters. The van der Waals surface area contributed by atoms with Crippen molar-refractivity contribution in [2.45, 2.75) is 33.2 Å². The SMILES string of the molecule is CCC(C(=O)Nc1ccccc1)n1cnc2sc(C)c(-c3ccc(C)cc3)c2c1=O. The second kappa shape index (κ2) is 8.24. The minimum absolute atomic E-state index is 0.185. The molecule has 1 amide bonds. The van der Waals surface area contributed by atoms with Crippen LogP contribution in [0.4, 0.5) is 5.69 Å². The van der Waals surface area contributed by atoms with Crippen molar-refractivity contribution in [1.82, 2.24) is 9.55 Å². The zero-order valence-corrected chi connectivity index (χ0v) is 18.0. The van der Waals surface area contributed by atoms with Crippen LogP contribution in [0.3, 0.4) is 0 Å². The van der Waals surface area contributed by atoms with Gasteiger partial charge in [0.1, 0.15) is 10.9 Å². The van der Waals surface area contributed by atoms with Crippen LogP contribution < -0.4 is 10.9 Å². The molecule has 6 heteroatoms. The molecule has 0 bridgehead atoms. The summed E-state index contributed by atoms with van der Waals surface area (Å²) in [6.45, 7) is 5.93. The van der Waals surface area contributed by atoms with Crippen molar-refractivity contribution >= 4 is 33.1 Å². The van der Waals surface area contributed by atoms with Crippen LogP contribution in [-0.4, -0.2) is 15.5 Å². The molecule has 0 aliphatic carbocycles. The maximum Gasteiger partial charge on any atom is 0.263 e. The largest absolute Gasteiger partial charge is 0.324 e. The van der Waals surface area contributed by atoms with Crippen LogP contribution in [-0.2, 0) is 4.79 Å². The molecule has 2 aromatic carbocycles. The molecule has 0 fully saturated rings. The van der Waals surface area contributed by atoms with E-state index in [-0.39, 0.29) is 11.5 Å². The summed E-state index contributed by atoms with van der Waals surface area (Å²) in [5, 5.41) is 3.48. The Morgan fingerprint density at radius 2 is 1.80 bits per heavy atom. The molecule has 5 nitrogen and oxygen atoms in total. The number of rotatable bonds is 5. The zero-order valence-electron chi connectivity index (χ0n) is 17.2. The molecule has 152 valence electrons. The average Bonchev–Trinajstić information content (AvgIpc) is 3.08. The van der Waals surface area contributed by atoms with E-state index in [1.807, 2.05) is 75.4 Å². The first-order valence-corrected chi connectivity index (χ1v) is 10.7. The molecule has 4 rings (SSSR count). The van der Waals surface area contributed by atoms with Gasteiger partial charge < -0.3 is 5.32 Å². The molecule has 4 aromatic rings. The third kappa shape index (κ3) is 3.66. The second-order valence-corrected chi connectivity index (χ2v) is 8.52. The van der Waals surface area contributed by atoms with E-state index in [2.05, 4.69) is 10.3 Å². The smallest absolute Gasteiger partial charge is 0.263 e. The number of aromatic nitrogens is 2. The van der Waals surface area contributed by atoms with Crippen molar-refractivity contribution in [2.24, 2.45) is 0 Å². The molecule has 0 aliphatic heterocycles. The fourth-order valence-electron chi connectivity index (χ4n) is 3.66. The van der Waals surface area contributed by atoms with Crippen molar-refractivity contribution < 1.29 is 4.79 Å². The Labute approximate surface area is 179 Å². The van der Waals surface area contributed by atoms with Crippen LogP contribution in [0.1, 0.15) is 29.8 Å². The molecular weight excluding hydrogens is 394 g/mol. The summed E-state index contributed by atoms with van der Waals surface area (Å²) in [6, 6.07) is 16.8. The van der Waals surface area contributed by atoms with Gasteiger partial charge in [0.2, 0.25) is 5.91 Å². The van der Waals surface area contributed by atoms with E-state index in [1.54, 1.807) is 0 Å². The van der Waals surface area contributed by atoms with Crippen molar-refractivity contribution in [3.8, 4) is 11.1 Å². The number of carbonyl (C=O) groups excluding carboxylic acids is 1. The fourth-order valence-corrected chi connectivity index (χ4v) is 4.66. The number of fused-ring (bicyclic) bond motifs is 1. The summed E-state index contributed by atoms with van der Waals surface area (Å²) in [6.07, 6.45) is 1.98. The minimum atomic E-state index is -0.638. The number of carbonyl (C=O) groups is 1. The van der Waals surface area contributed by atoms with Gasteiger partial charge >= 0.3 is 0 Å². The van der Waals surface area contributed by atoms with Gasteiger partial charge in [0, 0.05) is 16.1 Å². The number of anilines is 1. The summed E-state index contributed by atoms with van der Waals surface area (Å²) < 4.78 is 1.46. The van der Waals surface area contributed by atoms with Crippen LogP contribution in [0.15, 0.2) is 65.7 Å². The molecule has 0 aliphatic rings. The van der Waals surface area contributed by atoms with Crippen molar-refractivity contribution in [3.05, 3.63) is 81.7 Å². The van der Waals surface area contributed by atoms with E-state index in [0.717, 1.165) is 21.6 Å². The third-order valence-corrected chi connectivity index (χ3v) is 6.23. The van der Waals surface area contributed by atoms with Crippen molar-refractivity contribution in [3.63, 3.8) is 0 Å². The lowest BCUT2D eigenvalue weighted by Gasteiger charge is -2.17. The van der Waals surface area contributed by atoms with Crippen LogP contribution in [0, 0.1) is 13.8 Å². The van der Waals surface area contributed by atoms with Crippen molar-refractivity contribution in [1.29, 1.82) is 0 Å². The Kier molecular flexibility index (Phi) is 5.50. The zero-order chi connectivity index (χ0) is 21.3. The van der Waals surface area contributed by atoms with Gasteiger partial charge in [-0.1, -0.05) is 55.0 Å². The summed E-state index contributed by atoms with van der Waals surface area (Å²) in [5.41, 5.74) is 3.57. The topological polar surface area (TPSA) is 64.0 Å². The number of aryl methyl sites for hydroxylation is 2. The molecule has 0 spiro atoms. The Balaban J connectivity index is 1.80. The predicted octanol–water partition coefficient (Wildman–Crippen LogP) is 5.33. The van der Waals surface area contributed by atoms with Gasteiger partial charge in [-0.05, 0) is 38.0 Å². The standard InChI is InChI=1S/C24H23N3O2S/c1-4-19(22(28)26-18-8-6-5-7-9-18)27-14-25-23-21(24(27)29)20(16(3)30-23)17-12-10-15(2)11-13-17/h5-14,19H,4H2,1-3H3,(H,26,28). The Morgan fingerprint density at radius 1 is 1.10 bits per heavy atom. The third-order valence-electron chi connectivity index (χ3n) is 5.22. The van der Waals surface area contributed by atoms with Gasteiger partial charge in [0.05, 0.1) is 11.7 Å². The van der Waals surface area contributed by atoms with Gasteiger partial charge in [-0.3, -0.25) is 14.2 Å². The summed E-state index contributed by atoms with van der Waals surface area (Å²) >= 11 is 1.51. The van der Waals surface area contributed by atoms with Crippen LogP contribution >= 0.6 is 11.3 Å². The number of amides is 1. The number of thiophene rings is 1. The lowest BCUT2D eigenvalue weighted by Crippen LogP contribution is -2.33. The van der Waals surface area contributed by atoms with Crippen LogP contribution in [0.25, 0.3) is 21.3 Å². The fraction of sp³-hybridized carbons (Fsp3) is 0.208. The first-order valence-electron chi connectivity index (χ1n) is 9.92. The molecule has 30 heavy (non-hydrogen) atoms. The number of nitrogens with zero attached hydrogens (tertiary/aromatic N) is 2. The van der Waals surface area contributed by atoms with Crippen LogP contribution in [0.2, 0.25) is 0 Å². The number of para-hydroxylation sites is 1. The minimum Gasteiger partial charge on any atom is -0.324 e. The molecule has 0 radical (unpaired) electrons. The van der Waals surface area contributed by atoms with E-state index < -0.39 is 6.04 Å². The van der Waals surface area contributed by atoms with Gasteiger partial charge in [-0.25, -0.2) is 4.98 Å². The Bertz CT molecular complexity index is 1260. The van der Waals surface area contributed by atoms with Gasteiger partial charge in [-0.2, -0.15) is 0 Å². The monoisotopic (exact) mass is 417 g/mol. The van der Waals surface area contributed by atoms with Crippen LogP contribution in [0.5, 0.6) is 0 Å². The van der Waals surface area contributed by atoms with E-state index in [4.69, 9.17) is 0 Å². The van der Waals surface area contributed by atoms with E-state index in [1.165, 1.54) is 22.2 Å². The highest BCUT2D eigenvalue weighted by atomic mass is 32.1. The Hall–Kier alpha value is -3.25. The normalized spacial score (nSPS) is 12.1. The number of hydrogen-bond donors (Lipinski definition) is 1. The van der Waals surface area contributed by atoms with E-state index in [9.17, 15) is 9.59 Å². The molecule has 1 N–H and O–H groups in total. The number of nitrogens with one attached hydrogen (secondary N) is 1. The molecule has 2 heterocycles. The first-order chi connectivity index (χ1) is 14.5. The second-order valence-electron chi connectivity index (χ2n) is 7.32. The lowest BCUT2D eigenvalue weighted by atomic mass is 10.0. The highest BCUT2D eigenvalue weighted by molar-refractivity contribution is 7.19. The summed E-state index contributed by atoms with van der Waals surface area (Å²) in [4.78, 5) is 32.7. The number of benzene rings is 2. The molecule has 1 atom stereocenters. The Morgan fingerprint density at radius 3 is 2.47 bits per heavy atom. The maximum atomic E-state index is 13.5. The highest BCUT2D eigenvalue weighted by Gasteiger charge is 2.23. The van der Waals surface area contributed by atoms with Gasteiger partial charge in [-0.15, -0.1) is 11.3 Å². The quantitative estimate of drug-likeness (QED) is 0.477. The average molecular weight is 418 g/mol. The molecule has 0 saturated carbocycles. The highest BCUT2D eigenvalue weighted by Crippen LogP contribution is 2.35. The number of hydrogen-bond acceptors (Lipinski definition) is 4. The molecule has 0 saturated heterocycles. The van der Waals surface area contributed by atoms with Crippen molar-refractivity contribution in [2.75, 3.05) is 5.32 Å². The summed E-state index contributed by atoms with van der Waals surface area (Å²) in [7, 11) is 0. The lowest BCUT2D eigenvalue weighted by molar-refractivity contribution is -0.119. The van der Waals surface area contributed by atoms with E-state index in [0.29, 0.717) is 22.3 Å². The maximum absolute atomic E-state index is 13.5. The predicted molar refractivity (Wildman–Crippen MR) is 123 cm³/mol.